The van der Waals surface area contributed by atoms with E-state index >= 15 is 0 Å². The van der Waals surface area contributed by atoms with E-state index in [1.165, 1.54) is 66.4 Å². The molecule has 0 saturated carbocycles. The van der Waals surface area contributed by atoms with Gasteiger partial charge in [-0.05, 0) is 92.0 Å². The molecule has 0 aliphatic carbocycles. The van der Waals surface area contributed by atoms with Crippen LogP contribution >= 0.6 is 0 Å². The van der Waals surface area contributed by atoms with Crippen molar-refractivity contribution in [3.05, 3.63) is 194 Å². The summed E-state index contributed by atoms with van der Waals surface area (Å²) in [5.41, 5.74) is 15.5. The van der Waals surface area contributed by atoms with Crippen LogP contribution in [-0.2, 0) is 0 Å². The molecule has 0 atom stereocenters. The van der Waals surface area contributed by atoms with Gasteiger partial charge in [0, 0.05) is 17.0 Å². The highest BCUT2D eigenvalue weighted by Crippen LogP contribution is 2.38. The summed E-state index contributed by atoms with van der Waals surface area (Å²) < 4.78 is 2.33. The largest absolute Gasteiger partial charge is 0.308 e. The molecular formula is C47H32N2. The normalized spacial score (nSPS) is 11.3. The maximum Gasteiger partial charge on any atom is 0.0645 e. The molecule has 0 radical (unpaired) electrons. The molecule has 0 saturated heterocycles. The van der Waals surface area contributed by atoms with Gasteiger partial charge in [0.25, 0.3) is 0 Å². The molecule has 0 aliphatic rings. The lowest BCUT2D eigenvalue weighted by molar-refractivity contribution is 1.14. The molecule has 0 bridgehead atoms. The molecule has 49 heavy (non-hydrogen) atoms. The van der Waals surface area contributed by atoms with E-state index in [0.29, 0.717) is 0 Å². The minimum atomic E-state index is 1.05. The molecule has 2 nitrogen and oxygen atoms in total. The zero-order chi connectivity index (χ0) is 32.6. The van der Waals surface area contributed by atoms with E-state index in [2.05, 4.69) is 185 Å². The first-order valence-electron chi connectivity index (χ1n) is 16.7. The third-order valence-electron chi connectivity index (χ3n) is 9.54. The Morgan fingerprint density at radius 1 is 0.327 bits per heavy atom. The minimum Gasteiger partial charge on any atom is -0.308 e. The Labute approximate surface area is 286 Å². The molecular weight excluding hydrogens is 593 g/mol. The zero-order valence-corrected chi connectivity index (χ0v) is 26.9. The summed E-state index contributed by atoms with van der Waals surface area (Å²) in [6, 6.07) is 65.5. The first kappa shape index (κ1) is 28.7. The number of aromatic nitrogens is 2. The number of nitrogens with zero attached hydrogens (tertiary/aromatic N) is 2. The van der Waals surface area contributed by atoms with Gasteiger partial charge in [0.2, 0.25) is 0 Å². The smallest absolute Gasteiger partial charge is 0.0645 e. The van der Waals surface area contributed by atoms with E-state index in [1.807, 2.05) is 18.5 Å². The summed E-state index contributed by atoms with van der Waals surface area (Å²) >= 11 is 0. The van der Waals surface area contributed by atoms with Gasteiger partial charge < -0.3 is 4.57 Å². The average molecular weight is 625 g/mol. The van der Waals surface area contributed by atoms with Crippen LogP contribution in [-0.4, -0.2) is 9.55 Å². The zero-order valence-electron chi connectivity index (χ0n) is 26.9. The van der Waals surface area contributed by atoms with Gasteiger partial charge in [-0.25, -0.2) is 0 Å². The fourth-order valence-corrected chi connectivity index (χ4v) is 7.08. The van der Waals surface area contributed by atoms with Crippen molar-refractivity contribution in [1.82, 2.24) is 9.55 Å². The van der Waals surface area contributed by atoms with E-state index in [-0.39, 0.29) is 0 Å². The molecule has 7 aromatic carbocycles. The van der Waals surface area contributed by atoms with Crippen molar-refractivity contribution in [2.24, 2.45) is 0 Å². The third-order valence-corrected chi connectivity index (χ3v) is 9.54. The van der Waals surface area contributed by atoms with Gasteiger partial charge in [0.05, 0.1) is 22.9 Å². The molecule has 9 rings (SSSR count). The van der Waals surface area contributed by atoms with Crippen LogP contribution in [0.25, 0.3) is 83.1 Å². The van der Waals surface area contributed by atoms with Crippen LogP contribution in [0.2, 0.25) is 0 Å². The predicted octanol–water partition coefficient (Wildman–Crippen LogP) is 12.5. The summed E-state index contributed by atoms with van der Waals surface area (Å²) in [6.07, 6.45) is 3.77. The van der Waals surface area contributed by atoms with Gasteiger partial charge in [-0.15, -0.1) is 0 Å². The summed E-state index contributed by atoms with van der Waals surface area (Å²) in [4.78, 5) is 4.46. The second kappa shape index (κ2) is 12.3. The van der Waals surface area contributed by atoms with Crippen LogP contribution in [0.3, 0.4) is 0 Å². The van der Waals surface area contributed by atoms with Crippen molar-refractivity contribution >= 4 is 21.8 Å². The quantitative estimate of drug-likeness (QED) is 0.180. The van der Waals surface area contributed by atoms with E-state index < -0.39 is 0 Å². The molecule has 0 N–H and O–H groups in total. The first-order valence-corrected chi connectivity index (χ1v) is 16.7. The molecule has 2 heteroatoms. The Bertz CT molecular complexity index is 2550. The van der Waals surface area contributed by atoms with Crippen molar-refractivity contribution in [2.45, 2.75) is 0 Å². The van der Waals surface area contributed by atoms with Crippen LogP contribution in [0.4, 0.5) is 0 Å². The topological polar surface area (TPSA) is 17.8 Å². The number of benzene rings is 7. The molecule has 0 spiro atoms. The second-order valence-corrected chi connectivity index (χ2v) is 12.4. The lowest BCUT2D eigenvalue weighted by atomic mass is 9.93. The Kier molecular flexibility index (Phi) is 7.18. The van der Waals surface area contributed by atoms with Crippen LogP contribution in [0.1, 0.15) is 0 Å². The van der Waals surface area contributed by atoms with Crippen molar-refractivity contribution < 1.29 is 0 Å². The lowest BCUT2D eigenvalue weighted by Gasteiger charge is -2.11. The molecule has 2 aromatic heterocycles. The summed E-state index contributed by atoms with van der Waals surface area (Å²) in [6.45, 7) is 0. The first-order chi connectivity index (χ1) is 24.3. The van der Waals surface area contributed by atoms with Crippen LogP contribution in [0, 0.1) is 0 Å². The number of hydrogen-bond donors (Lipinski definition) is 0. The molecule has 0 unspecified atom stereocenters. The Balaban J connectivity index is 1.14. The van der Waals surface area contributed by atoms with Crippen LogP contribution in [0.5, 0.6) is 0 Å². The number of pyridine rings is 1. The number of rotatable bonds is 6. The van der Waals surface area contributed by atoms with Crippen molar-refractivity contribution in [2.75, 3.05) is 0 Å². The monoisotopic (exact) mass is 624 g/mol. The molecule has 0 amide bonds. The van der Waals surface area contributed by atoms with Gasteiger partial charge in [-0.2, -0.15) is 0 Å². The second-order valence-electron chi connectivity index (χ2n) is 12.4. The predicted molar refractivity (Wildman–Crippen MR) is 206 cm³/mol. The number of hydrogen-bond acceptors (Lipinski definition) is 1. The molecule has 2 heterocycles. The molecule has 0 fully saturated rings. The van der Waals surface area contributed by atoms with Crippen molar-refractivity contribution in [1.29, 1.82) is 0 Å². The SMILES string of the molecule is c1ccc(-c2ccc(-c3ccc4c(c3)c3cc(-c5ccc(-c6ccccc6-c6ccccc6)cc5)ccc3n4-c3cccnc3)cc2)cc1. The molecule has 230 valence electrons. The van der Waals surface area contributed by atoms with Gasteiger partial charge in [-0.1, -0.05) is 146 Å². The van der Waals surface area contributed by atoms with Crippen LogP contribution in [0.15, 0.2) is 194 Å². The summed E-state index contributed by atoms with van der Waals surface area (Å²) in [5, 5.41) is 2.44. The van der Waals surface area contributed by atoms with Crippen molar-refractivity contribution in [3.63, 3.8) is 0 Å². The summed E-state index contributed by atoms with van der Waals surface area (Å²) in [7, 11) is 0. The standard InChI is InChI=1S/C47H32N2/c1-3-10-33(11-4-1)34-17-19-35(20-18-34)39-25-27-46-44(30-39)45-31-40(26-28-47(45)49(46)41-14-9-29-48-32-41)36-21-23-38(24-22-36)43-16-8-7-15-42(43)37-12-5-2-6-13-37/h1-32H. The average Bonchev–Trinajstić information content (AvgIpc) is 3.52. The highest BCUT2D eigenvalue weighted by atomic mass is 15.0. The highest BCUT2D eigenvalue weighted by molar-refractivity contribution is 6.11. The van der Waals surface area contributed by atoms with Gasteiger partial charge in [-0.3, -0.25) is 4.98 Å². The molecule has 9 aromatic rings. The van der Waals surface area contributed by atoms with Gasteiger partial charge in [0.1, 0.15) is 0 Å². The fraction of sp³-hybridized carbons (Fsp3) is 0. The van der Waals surface area contributed by atoms with E-state index in [0.717, 1.165) is 16.7 Å². The Morgan fingerprint density at radius 2 is 0.735 bits per heavy atom. The van der Waals surface area contributed by atoms with E-state index in [1.54, 1.807) is 0 Å². The lowest BCUT2D eigenvalue weighted by Crippen LogP contribution is -1.94. The Morgan fingerprint density at radius 3 is 1.24 bits per heavy atom. The highest BCUT2D eigenvalue weighted by Gasteiger charge is 2.15. The van der Waals surface area contributed by atoms with Gasteiger partial charge >= 0.3 is 0 Å². The summed E-state index contributed by atoms with van der Waals surface area (Å²) in [5.74, 6) is 0. The third kappa shape index (κ3) is 5.30. The maximum absolute atomic E-state index is 4.46. The van der Waals surface area contributed by atoms with Crippen LogP contribution < -0.4 is 0 Å². The van der Waals surface area contributed by atoms with E-state index in [4.69, 9.17) is 0 Å². The van der Waals surface area contributed by atoms with Gasteiger partial charge in [0.15, 0.2) is 0 Å². The van der Waals surface area contributed by atoms with Crippen molar-refractivity contribution in [3.8, 4) is 61.3 Å². The minimum absolute atomic E-state index is 1.05. The molecule has 0 aliphatic heterocycles. The Hall–Kier alpha value is -6.51. The maximum atomic E-state index is 4.46. The fourth-order valence-electron chi connectivity index (χ4n) is 7.08. The van der Waals surface area contributed by atoms with E-state index in [9.17, 15) is 0 Å². The number of fused-ring (bicyclic) bond motifs is 3.